The second-order valence-corrected chi connectivity index (χ2v) is 7.95. The number of carbonyl (C=O) groups excluding carboxylic acids is 1. The number of nitrogens with zero attached hydrogens (tertiary/aromatic N) is 4. The van der Waals surface area contributed by atoms with Gasteiger partial charge in [0.15, 0.2) is 16.8 Å². The van der Waals surface area contributed by atoms with Crippen molar-refractivity contribution in [1.82, 2.24) is 19.9 Å². The lowest BCUT2D eigenvalue weighted by Crippen LogP contribution is -2.12. The van der Waals surface area contributed by atoms with Crippen LogP contribution >= 0.6 is 23.4 Å². The number of aryl methyl sites for hydroxylation is 1. The fraction of sp³-hybridized carbons (Fsp3) is 0.143. The van der Waals surface area contributed by atoms with Gasteiger partial charge in [-0.25, -0.2) is 0 Å². The molecule has 9 heteroatoms. The number of thioether (sulfide) groups is 1. The van der Waals surface area contributed by atoms with Gasteiger partial charge in [-0.15, -0.1) is 10.2 Å². The number of para-hydroxylation sites is 1. The number of benzene rings is 2. The normalized spacial score (nSPS) is 10.9. The molecule has 0 aliphatic carbocycles. The van der Waals surface area contributed by atoms with Crippen LogP contribution in [0.15, 0.2) is 70.3 Å². The van der Waals surface area contributed by atoms with Crippen LogP contribution in [0, 0.1) is 6.92 Å². The quantitative estimate of drug-likeness (QED) is 0.407. The SMILES string of the molecule is Cc1cc(NC(=O)CCSc2nnc(-c3ccc(Cl)cc3)n2-c2ccccc2)no1. The van der Waals surface area contributed by atoms with Gasteiger partial charge in [-0.2, -0.15) is 0 Å². The molecule has 2 aromatic carbocycles. The van der Waals surface area contributed by atoms with Crippen molar-refractivity contribution in [2.75, 3.05) is 11.1 Å². The molecule has 4 aromatic rings. The van der Waals surface area contributed by atoms with E-state index in [2.05, 4.69) is 20.7 Å². The van der Waals surface area contributed by atoms with E-state index in [0.29, 0.717) is 39.8 Å². The molecule has 2 heterocycles. The Bertz CT molecular complexity index is 1140. The van der Waals surface area contributed by atoms with Crippen molar-refractivity contribution in [3.63, 3.8) is 0 Å². The smallest absolute Gasteiger partial charge is 0.226 e. The molecule has 4 rings (SSSR count). The summed E-state index contributed by atoms with van der Waals surface area (Å²) in [5.74, 6) is 2.17. The van der Waals surface area contributed by atoms with Gasteiger partial charge in [0.2, 0.25) is 5.91 Å². The standard InChI is InChI=1S/C21H18ClN5O2S/c1-14-13-18(26-29-14)23-19(28)11-12-30-21-25-24-20(15-7-9-16(22)10-8-15)27(21)17-5-3-2-4-6-17/h2-10,13H,11-12H2,1H3,(H,23,26,28). The van der Waals surface area contributed by atoms with Crippen molar-refractivity contribution >= 4 is 35.1 Å². The summed E-state index contributed by atoms with van der Waals surface area (Å²) >= 11 is 7.49. The minimum Gasteiger partial charge on any atom is -0.360 e. The Morgan fingerprint density at radius 1 is 1.13 bits per heavy atom. The fourth-order valence-corrected chi connectivity index (χ4v) is 3.84. The first-order chi connectivity index (χ1) is 14.6. The van der Waals surface area contributed by atoms with Crippen molar-refractivity contribution in [1.29, 1.82) is 0 Å². The van der Waals surface area contributed by atoms with Crippen LogP contribution in [0.1, 0.15) is 12.2 Å². The predicted molar refractivity (Wildman–Crippen MR) is 117 cm³/mol. The summed E-state index contributed by atoms with van der Waals surface area (Å²) in [5.41, 5.74) is 1.85. The fourth-order valence-electron chi connectivity index (χ4n) is 2.82. The van der Waals surface area contributed by atoms with E-state index >= 15 is 0 Å². The van der Waals surface area contributed by atoms with Crippen molar-refractivity contribution in [3.05, 3.63) is 71.4 Å². The number of hydrogen-bond donors (Lipinski definition) is 1. The minimum atomic E-state index is -0.139. The first-order valence-corrected chi connectivity index (χ1v) is 10.6. The van der Waals surface area contributed by atoms with Crippen LogP contribution < -0.4 is 5.32 Å². The van der Waals surface area contributed by atoms with E-state index in [4.69, 9.17) is 16.1 Å². The Hall–Kier alpha value is -3.10. The maximum atomic E-state index is 12.2. The van der Waals surface area contributed by atoms with Gasteiger partial charge in [0.25, 0.3) is 0 Å². The molecule has 152 valence electrons. The molecule has 30 heavy (non-hydrogen) atoms. The number of aromatic nitrogens is 4. The number of amides is 1. The molecular weight excluding hydrogens is 422 g/mol. The van der Waals surface area contributed by atoms with Gasteiger partial charge in [0.05, 0.1) is 0 Å². The zero-order valence-corrected chi connectivity index (χ0v) is 17.7. The number of carbonyl (C=O) groups is 1. The van der Waals surface area contributed by atoms with E-state index in [9.17, 15) is 4.79 Å². The van der Waals surface area contributed by atoms with E-state index in [0.717, 1.165) is 11.3 Å². The highest BCUT2D eigenvalue weighted by atomic mass is 35.5. The summed E-state index contributed by atoms with van der Waals surface area (Å²) in [5, 5.41) is 16.6. The van der Waals surface area contributed by atoms with E-state index < -0.39 is 0 Å². The molecule has 0 radical (unpaired) electrons. The van der Waals surface area contributed by atoms with Crippen LogP contribution in [-0.2, 0) is 4.79 Å². The average molecular weight is 440 g/mol. The maximum Gasteiger partial charge on any atom is 0.226 e. The lowest BCUT2D eigenvalue weighted by molar-refractivity contribution is -0.115. The van der Waals surface area contributed by atoms with Crippen molar-refractivity contribution < 1.29 is 9.32 Å². The molecule has 0 aliphatic rings. The Labute approximate surface area is 182 Å². The molecule has 0 spiro atoms. The van der Waals surface area contributed by atoms with Crippen LogP contribution in [0.25, 0.3) is 17.1 Å². The molecule has 7 nitrogen and oxygen atoms in total. The number of halogens is 1. The van der Waals surface area contributed by atoms with E-state index in [1.54, 1.807) is 13.0 Å². The molecule has 0 unspecified atom stereocenters. The lowest BCUT2D eigenvalue weighted by Gasteiger charge is -2.10. The highest BCUT2D eigenvalue weighted by Gasteiger charge is 2.16. The first-order valence-electron chi connectivity index (χ1n) is 9.23. The number of rotatable bonds is 7. The summed E-state index contributed by atoms with van der Waals surface area (Å²) in [7, 11) is 0. The summed E-state index contributed by atoms with van der Waals surface area (Å²) in [6, 6.07) is 19.0. The van der Waals surface area contributed by atoms with Gasteiger partial charge in [-0.05, 0) is 43.3 Å². The van der Waals surface area contributed by atoms with Crippen LogP contribution in [0.4, 0.5) is 5.82 Å². The van der Waals surface area contributed by atoms with Crippen LogP contribution in [0.5, 0.6) is 0 Å². The second kappa shape index (κ2) is 9.15. The Kier molecular flexibility index (Phi) is 6.15. The topological polar surface area (TPSA) is 85.8 Å². The van der Waals surface area contributed by atoms with Crippen molar-refractivity contribution in [3.8, 4) is 17.1 Å². The van der Waals surface area contributed by atoms with Gasteiger partial charge in [-0.3, -0.25) is 9.36 Å². The third-order valence-corrected chi connectivity index (χ3v) is 5.39. The lowest BCUT2D eigenvalue weighted by atomic mass is 10.2. The van der Waals surface area contributed by atoms with Gasteiger partial charge in [0.1, 0.15) is 5.76 Å². The number of anilines is 1. The second-order valence-electron chi connectivity index (χ2n) is 6.45. The zero-order valence-electron chi connectivity index (χ0n) is 16.1. The van der Waals surface area contributed by atoms with Crippen molar-refractivity contribution in [2.24, 2.45) is 0 Å². The summed E-state index contributed by atoms with van der Waals surface area (Å²) in [6.45, 7) is 1.77. The first kappa shape index (κ1) is 20.2. The molecule has 0 fully saturated rings. The molecule has 1 N–H and O–H groups in total. The number of nitrogens with one attached hydrogen (secondary N) is 1. The summed E-state index contributed by atoms with van der Waals surface area (Å²) < 4.78 is 6.94. The third-order valence-electron chi connectivity index (χ3n) is 4.21. The number of hydrogen-bond acceptors (Lipinski definition) is 6. The molecule has 0 bridgehead atoms. The van der Waals surface area contributed by atoms with Crippen molar-refractivity contribution in [2.45, 2.75) is 18.5 Å². The molecule has 0 aliphatic heterocycles. The van der Waals surface area contributed by atoms with Crippen LogP contribution in [0.3, 0.4) is 0 Å². The monoisotopic (exact) mass is 439 g/mol. The third kappa shape index (κ3) is 4.72. The molecule has 1 amide bonds. The zero-order chi connectivity index (χ0) is 20.9. The predicted octanol–water partition coefficient (Wildman–Crippen LogP) is 5.01. The summed E-state index contributed by atoms with van der Waals surface area (Å²) in [4.78, 5) is 12.2. The largest absolute Gasteiger partial charge is 0.360 e. The maximum absolute atomic E-state index is 12.2. The Morgan fingerprint density at radius 3 is 2.60 bits per heavy atom. The highest BCUT2D eigenvalue weighted by Crippen LogP contribution is 2.29. The van der Waals surface area contributed by atoms with Crippen LogP contribution in [-0.4, -0.2) is 31.6 Å². The Balaban J connectivity index is 1.51. The molecule has 0 saturated heterocycles. The summed E-state index contributed by atoms with van der Waals surface area (Å²) in [6.07, 6.45) is 0.300. The van der Waals surface area contributed by atoms with E-state index in [-0.39, 0.29) is 5.91 Å². The van der Waals surface area contributed by atoms with Gasteiger partial charge >= 0.3 is 0 Å². The molecular formula is C21H18ClN5O2S. The molecule has 0 saturated carbocycles. The van der Waals surface area contributed by atoms with Gasteiger partial charge < -0.3 is 9.84 Å². The average Bonchev–Trinajstić information content (AvgIpc) is 3.35. The van der Waals surface area contributed by atoms with Gasteiger partial charge in [0, 0.05) is 34.5 Å². The van der Waals surface area contributed by atoms with Crippen LogP contribution in [0.2, 0.25) is 5.02 Å². The Morgan fingerprint density at radius 2 is 1.90 bits per heavy atom. The minimum absolute atomic E-state index is 0.139. The van der Waals surface area contributed by atoms with E-state index in [1.807, 2.05) is 59.2 Å². The molecule has 2 aromatic heterocycles. The highest BCUT2D eigenvalue weighted by molar-refractivity contribution is 7.99. The molecule has 0 atom stereocenters. The van der Waals surface area contributed by atoms with Gasteiger partial charge in [-0.1, -0.05) is 46.7 Å². The van der Waals surface area contributed by atoms with E-state index in [1.165, 1.54) is 11.8 Å².